The van der Waals surface area contributed by atoms with Crippen LogP contribution in [0.15, 0.2) is 12.2 Å². The molecule has 0 aromatic heterocycles. The van der Waals surface area contributed by atoms with Gasteiger partial charge in [-0.15, -0.1) is 0 Å². The summed E-state index contributed by atoms with van der Waals surface area (Å²) in [4.78, 5) is 0. The Morgan fingerprint density at radius 3 is 2.87 bits per heavy atom. The average Bonchev–Trinajstić information content (AvgIpc) is 2.13. The highest BCUT2D eigenvalue weighted by atomic mass is 31.2. The third-order valence-electron chi connectivity index (χ3n) is 2.55. The number of hydrogen-bond acceptors (Lipinski definition) is 4. The predicted molar refractivity (Wildman–Crippen MR) is 58.7 cm³/mol. The predicted octanol–water partition coefficient (Wildman–Crippen LogP) is 3.15. The Balaban J connectivity index is 2.84. The summed E-state index contributed by atoms with van der Waals surface area (Å²) in [6, 6.07) is 0. The van der Waals surface area contributed by atoms with E-state index in [9.17, 15) is 4.57 Å². The lowest BCUT2D eigenvalue weighted by Gasteiger charge is -2.39. The zero-order valence-corrected chi connectivity index (χ0v) is 10.6. The smallest absolute Gasteiger partial charge is 0.287 e. The fourth-order valence-electron chi connectivity index (χ4n) is 1.47. The first-order valence-electron chi connectivity index (χ1n) is 5.19. The SMILES string of the molecule is C/C=C\[C@@]1(C)OP(=O)(OCC)OCC1C. The Labute approximate surface area is 91.2 Å². The molecule has 15 heavy (non-hydrogen) atoms. The lowest BCUT2D eigenvalue weighted by molar-refractivity contribution is -0.0396. The molecule has 1 aliphatic rings. The highest BCUT2D eigenvalue weighted by Crippen LogP contribution is 2.57. The molecule has 1 rings (SSSR count). The Morgan fingerprint density at radius 1 is 1.67 bits per heavy atom. The van der Waals surface area contributed by atoms with Gasteiger partial charge in [0.1, 0.15) is 5.60 Å². The van der Waals surface area contributed by atoms with Crippen LogP contribution >= 0.6 is 7.82 Å². The summed E-state index contributed by atoms with van der Waals surface area (Å²) in [5.41, 5.74) is -0.572. The van der Waals surface area contributed by atoms with Crippen LogP contribution in [0.4, 0.5) is 0 Å². The average molecular weight is 234 g/mol. The first kappa shape index (κ1) is 12.9. The van der Waals surface area contributed by atoms with E-state index >= 15 is 0 Å². The number of phosphoric ester groups is 1. The van der Waals surface area contributed by atoms with Crippen molar-refractivity contribution in [3.05, 3.63) is 12.2 Å². The van der Waals surface area contributed by atoms with Gasteiger partial charge in [0.05, 0.1) is 13.2 Å². The third kappa shape index (κ3) is 2.91. The number of hydrogen-bond donors (Lipinski definition) is 0. The maximum absolute atomic E-state index is 12.0. The third-order valence-corrected chi connectivity index (χ3v) is 4.21. The highest BCUT2D eigenvalue weighted by Gasteiger charge is 2.45. The molecule has 1 aliphatic heterocycles. The molecule has 0 N–H and O–H groups in total. The Hall–Kier alpha value is -0.150. The van der Waals surface area contributed by atoms with Crippen LogP contribution in [0, 0.1) is 5.92 Å². The van der Waals surface area contributed by atoms with Gasteiger partial charge in [0.2, 0.25) is 0 Å². The quantitative estimate of drug-likeness (QED) is 0.555. The fourth-order valence-corrected chi connectivity index (χ4v) is 3.10. The first-order valence-corrected chi connectivity index (χ1v) is 6.65. The maximum Gasteiger partial charge on any atom is 0.475 e. The van der Waals surface area contributed by atoms with Crippen LogP contribution < -0.4 is 0 Å². The van der Waals surface area contributed by atoms with Gasteiger partial charge < -0.3 is 0 Å². The van der Waals surface area contributed by atoms with Gasteiger partial charge in [-0.2, -0.15) is 0 Å². The van der Waals surface area contributed by atoms with Crippen molar-refractivity contribution in [2.24, 2.45) is 5.92 Å². The minimum absolute atomic E-state index is 0.149. The number of allylic oxidation sites excluding steroid dienone is 1. The van der Waals surface area contributed by atoms with Crippen molar-refractivity contribution in [1.29, 1.82) is 0 Å². The van der Waals surface area contributed by atoms with Crippen molar-refractivity contribution in [3.8, 4) is 0 Å². The van der Waals surface area contributed by atoms with Crippen LogP contribution in [0.1, 0.15) is 27.7 Å². The molecule has 3 atom stereocenters. The molecule has 1 saturated heterocycles. The van der Waals surface area contributed by atoms with Crippen LogP contribution in [0.5, 0.6) is 0 Å². The van der Waals surface area contributed by atoms with Crippen LogP contribution in [0.25, 0.3) is 0 Å². The van der Waals surface area contributed by atoms with Crippen molar-refractivity contribution in [3.63, 3.8) is 0 Å². The van der Waals surface area contributed by atoms with E-state index in [4.69, 9.17) is 13.6 Å². The molecular weight excluding hydrogens is 215 g/mol. The van der Waals surface area contributed by atoms with Crippen LogP contribution in [0.2, 0.25) is 0 Å². The lowest BCUT2D eigenvalue weighted by Crippen LogP contribution is -2.40. The van der Waals surface area contributed by atoms with E-state index in [1.807, 2.05) is 32.9 Å². The van der Waals surface area contributed by atoms with Crippen molar-refractivity contribution < 1.29 is 18.1 Å². The largest absolute Gasteiger partial charge is 0.475 e. The molecule has 0 radical (unpaired) electrons. The minimum atomic E-state index is -3.35. The molecule has 5 heteroatoms. The van der Waals surface area contributed by atoms with Crippen LogP contribution in [-0.4, -0.2) is 18.8 Å². The van der Waals surface area contributed by atoms with Gasteiger partial charge >= 0.3 is 7.82 Å². The highest BCUT2D eigenvalue weighted by molar-refractivity contribution is 7.48. The fraction of sp³-hybridized carbons (Fsp3) is 0.800. The second-order valence-electron chi connectivity index (χ2n) is 3.84. The zero-order valence-electron chi connectivity index (χ0n) is 9.73. The van der Waals surface area contributed by atoms with E-state index in [1.165, 1.54) is 0 Å². The summed E-state index contributed by atoms with van der Waals surface area (Å²) in [5, 5.41) is 0. The van der Waals surface area contributed by atoms with Crippen molar-refractivity contribution in [2.45, 2.75) is 33.3 Å². The van der Waals surface area contributed by atoms with Gasteiger partial charge in [-0.05, 0) is 20.8 Å². The molecule has 2 unspecified atom stereocenters. The monoisotopic (exact) mass is 234 g/mol. The summed E-state index contributed by atoms with van der Waals surface area (Å²) < 4.78 is 27.6. The van der Waals surface area contributed by atoms with Gasteiger partial charge in [-0.3, -0.25) is 13.6 Å². The summed E-state index contributed by atoms with van der Waals surface area (Å²) >= 11 is 0. The first-order chi connectivity index (χ1) is 6.96. The molecule has 1 fully saturated rings. The van der Waals surface area contributed by atoms with Crippen LogP contribution in [0.3, 0.4) is 0 Å². The van der Waals surface area contributed by atoms with Gasteiger partial charge in [0.25, 0.3) is 0 Å². The lowest BCUT2D eigenvalue weighted by atomic mass is 9.91. The van der Waals surface area contributed by atoms with Crippen LogP contribution in [-0.2, 0) is 18.1 Å². The molecule has 1 heterocycles. The topological polar surface area (TPSA) is 44.8 Å². The Kier molecular flexibility index (Phi) is 4.13. The van der Waals surface area contributed by atoms with Crippen molar-refractivity contribution in [2.75, 3.05) is 13.2 Å². The Morgan fingerprint density at radius 2 is 2.33 bits per heavy atom. The second kappa shape index (κ2) is 4.79. The van der Waals surface area contributed by atoms with Gasteiger partial charge in [-0.1, -0.05) is 19.1 Å². The molecule has 0 saturated carbocycles. The summed E-state index contributed by atoms with van der Waals surface area (Å²) in [5.74, 6) is 0.149. The second-order valence-corrected chi connectivity index (χ2v) is 5.43. The van der Waals surface area contributed by atoms with E-state index in [0.717, 1.165) is 0 Å². The van der Waals surface area contributed by atoms with Crippen molar-refractivity contribution in [1.82, 2.24) is 0 Å². The molecule has 0 bridgehead atoms. The van der Waals surface area contributed by atoms with E-state index in [2.05, 4.69) is 0 Å². The summed E-state index contributed by atoms with van der Waals surface area (Å²) in [7, 11) is -3.35. The van der Waals surface area contributed by atoms with Gasteiger partial charge in [-0.25, -0.2) is 4.57 Å². The standard InChI is InChI=1S/C10H19O4P/c1-5-7-10(4)9(3)8-13-15(11,14-10)12-6-2/h5,7,9H,6,8H2,1-4H3/b7-5-/t9?,10-,15?/m1/s1. The van der Waals surface area contributed by atoms with Gasteiger partial charge in [0.15, 0.2) is 0 Å². The summed E-state index contributed by atoms with van der Waals surface area (Å²) in [6.07, 6.45) is 3.78. The molecular formula is C10H19O4P. The number of rotatable bonds is 3. The maximum atomic E-state index is 12.0. The van der Waals surface area contributed by atoms with Crippen molar-refractivity contribution >= 4 is 7.82 Å². The van der Waals surface area contributed by atoms with E-state index in [1.54, 1.807) is 6.92 Å². The molecule has 0 aromatic rings. The zero-order chi connectivity index (χ0) is 11.5. The van der Waals surface area contributed by atoms with E-state index in [0.29, 0.717) is 13.2 Å². The van der Waals surface area contributed by atoms with Gasteiger partial charge in [0, 0.05) is 5.92 Å². The Bertz CT molecular complexity index is 289. The molecule has 0 aliphatic carbocycles. The van der Waals surface area contributed by atoms with E-state index < -0.39 is 13.4 Å². The minimum Gasteiger partial charge on any atom is -0.287 e. The molecule has 0 spiro atoms. The van der Waals surface area contributed by atoms with E-state index in [-0.39, 0.29) is 5.92 Å². The number of phosphoric acid groups is 1. The molecule has 4 nitrogen and oxygen atoms in total. The molecule has 88 valence electrons. The summed E-state index contributed by atoms with van der Waals surface area (Å²) in [6.45, 7) is 8.26. The normalized spacial score (nSPS) is 42.3. The molecule has 0 aromatic carbocycles. The molecule has 0 amide bonds.